The maximum Gasteiger partial charge on any atom is 0.152 e. The van der Waals surface area contributed by atoms with Crippen molar-refractivity contribution in [3.63, 3.8) is 0 Å². The van der Waals surface area contributed by atoms with Crippen molar-refractivity contribution in [3.05, 3.63) is 307 Å². The molecule has 0 radical (unpaired) electrons. The van der Waals surface area contributed by atoms with Crippen molar-refractivity contribution < 1.29 is 4.74 Å². The van der Waals surface area contributed by atoms with Crippen LogP contribution in [-0.2, 0) is 5.41 Å². The molecular formula is C71H47NO. The Morgan fingerprint density at radius 1 is 0.274 bits per heavy atom. The van der Waals surface area contributed by atoms with E-state index < -0.39 is 5.41 Å². The van der Waals surface area contributed by atoms with Crippen LogP contribution in [0.15, 0.2) is 285 Å². The summed E-state index contributed by atoms with van der Waals surface area (Å²) in [6, 6.07) is 104. The number of ether oxygens (including phenoxy) is 1. The molecule has 2 nitrogen and oxygen atoms in total. The molecule has 0 saturated heterocycles. The highest BCUT2D eigenvalue weighted by Crippen LogP contribution is 2.60. The molecule has 0 atom stereocenters. The van der Waals surface area contributed by atoms with Crippen LogP contribution in [0.5, 0.6) is 11.5 Å². The molecule has 0 amide bonds. The van der Waals surface area contributed by atoms with E-state index in [4.69, 9.17) is 4.74 Å². The minimum Gasteiger partial charge on any atom is -0.453 e. The summed E-state index contributed by atoms with van der Waals surface area (Å²) < 4.78 is 7.02. The first-order chi connectivity index (χ1) is 36.2. The monoisotopic (exact) mass is 929 g/mol. The van der Waals surface area contributed by atoms with Crippen LogP contribution in [-0.4, -0.2) is 0 Å². The first kappa shape index (κ1) is 42.4. The van der Waals surface area contributed by atoms with Gasteiger partial charge >= 0.3 is 0 Å². The maximum absolute atomic E-state index is 7.02. The molecule has 1 aliphatic heterocycles. The fourth-order valence-corrected chi connectivity index (χ4v) is 11.7. The average Bonchev–Trinajstić information content (AvgIpc) is 3.77. The number of anilines is 3. The molecule has 0 aromatic heterocycles. The van der Waals surface area contributed by atoms with Crippen LogP contribution in [0.3, 0.4) is 0 Å². The van der Waals surface area contributed by atoms with Gasteiger partial charge in [0.25, 0.3) is 0 Å². The summed E-state index contributed by atoms with van der Waals surface area (Å²) in [4.78, 5) is 2.41. The fraction of sp³-hybridized carbons (Fsp3) is 0.0141. The van der Waals surface area contributed by atoms with Crippen molar-refractivity contribution in [1.29, 1.82) is 0 Å². The standard InChI is InChI=1S/C71H47NO/c1-5-16-48(17-6-1)52-28-35-58(36-29-52)71(59-37-30-53(31-38-59)49-18-7-2-8-19-49)65-41-32-57(62-27-15-25-54-24-13-14-26-61(54)62)44-64(65)63-40-39-60(47-66(63)71)72-67-42-33-55(50-20-9-3-10-21-50)45-69(67)73-70-46-56(34-43-68(70)72)51-22-11-4-12-23-51/h1-47H. The van der Waals surface area contributed by atoms with E-state index in [0.717, 1.165) is 50.8 Å². The van der Waals surface area contributed by atoms with Crippen molar-refractivity contribution in [3.8, 4) is 78.3 Å². The van der Waals surface area contributed by atoms with Gasteiger partial charge in [-0.3, -0.25) is 0 Å². The van der Waals surface area contributed by atoms with Gasteiger partial charge in [0.15, 0.2) is 11.5 Å². The summed E-state index contributed by atoms with van der Waals surface area (Å²) in [6.07, 6.45) is 0. The van der Waals surface area contributed by atoms with Crippen molar-refractivity contribution in [2.75, 3.05) is 4.90 Å². The molecule has 0 bridgehead atoms. The Hall–Kier alpha value is -9.50. The Morgan fingerprint density at radius 3 is 1.27 bits per heavy atom. The Kier molecular flexibility index (Phi) is 10.1. The summed E-state index contributed by atoms with van der Waals surface area (Å²) in [5, 5.41) is 2.48. The number of nitrogens with zero attached hydrogens (tertiary/aromatic N) is 1. The number of benzene rings is 12. The van der Waals surface area contributed by atoms with Gasteiger partial charge in [-0.15, -0.1) is 0 Å². The number of hydrogen-bond acceptors (Lipinski definition) is 2. The van der Waals surface area contributed by atoms with Crippen LogP contribution in [0.1, 0.15) is 22.3 Å². The lowest BCUT2D eigenvalue weighted by Crippen LogP contribution is -2.29. The SMILES string of the molecule is c1ccc(-c2ccc(C3(c4ccc(-c5ccccc5)cc4)c4ccc(-c5cccc6ccccc56)cc4-c4ccc(N5c6ccc(-c7ccccc7)cc6Oc6cc(-c7ccccc7)ccc65)cc43)cc2)cc1. The van der Waals surface area contributed by atoms with E-state index in [1.165, 1.54) is 77.5 Å². The predicted molar refractivity (Wildman–Crippen MR) is 303 cm³/mol. The van der Waals surface area contributed by atoms with Crippen molar-refractivity contribution in [1.82, 2.24) is 0 Å². The summed E-state index contributed by atoms with van der Waals surface area (Å²) in [5.74, 6) is 1.61. The highest BCUT2D eigenvalue weighted by Gasteiger charge is 2.47. The number of rotatable bonds is 8. The van der Waals surface area contributed by atoms with Crippen molar-refractivity contribution in [2.45, 2.75) is 5.41 Å². The second-order valence-electron chi connectivity index (χ2n) is 19.2. The quantitative estimate of drug-likeness (QED) is 0.151. The van der Waals surface area contributed by atoms with E-state index in [9.17, 15) is 0 Å². The molecule has 0 unspecified atom stereocenters. The molecule has 1 aliphatic carbocycles. The Balaban J connectivity index is 1.02. The number of hydrogen-bond donors (Lipinski definition) is 0. The Bertz CT molecular complexity index is 3840. The third-order valence-electron chi connectivity index (χ3n) is 15.2. The molecule has 14 rings (SSSR count). The average molecular weight is 930 g/mol. The van der Waals surface area contributed by atoms with Gasteiger partial charge in [0.05, 0.1) is 16.8 Å². The zero-order chi connectivity index (χ0) is 48.3. The largest absolute Gasteiger partial charge is 0.453 e. The molecule has 0 saturated carbocycles. The Morgan fingerprint density at radius 2 is 0.726 bits per heavy atom. The molecule has 12 aromatic carbocycles. The summed E-state index contributed by atoms with van der Waals surface area (Å²) >= 11 is 0. The lowest BCUT2D eigenvalue weighted by atomic mass is 9.67. The topological polar surface area (TPSA) is 12.5 Å². The van der Waals surface area contributed by atoms with Gasteiger partial charge in [0.1, 0.15) is 0 Å². The van der Waals surface area contributed by atoms with Crippen LogP contribution < -0.4 is 9.64 Å². The van der Waals surface area contributed by atoms with Crippen molar-refractivity contribution in [2.24, 2.45) is 0 Å². The zero-order valence-corrected chi connectivity index (χ0v) is 40.0. The van der Waals surface area contributed by atoms with E-state index >= 15 is 0 Å². The molecular weight excluding hydrogens is 883 g/mol. The van der Waals surface area contributed by atoms with Crippen LogP contribution in [0, 0.1) is 0 Å². The smallest absolute Gasteiger partial charge is 0.152 e. The van der Waals surface area contributed by atoms with Crippen LogP contribution in [0.2, 0.25) is 0 Å². The fourth-order valence-electron chi connectivity index (χ4n) is 11.7. The van der Waals surface area contributed by atoms with Crippen LogP contribution >= 0.6 is 0 Å². The molecule has 342 valence electrons. The highest BCUT2D eigenvalue weighted by atomic mass is 16.5. The van der Waals surface area contributed by atoms with E-state index in [0.29, 0.717) is 0 Å². The van der Waals surface area contributed by atoms with Crippen molar-refractivity contribution >= 4 is 27.8 Å². The van der Waals surface area contributed by atoms with Gasteiger partial charge in [-0.05, 0) is 142 Å². The first-order valence-electron chi connectivity index (χ1n) is 25.1. The molecule has 2 aliphatic rings. The molecule has 12 aromatic rings. The highest BCUT2D eigenvalue weighted by molar-refractivity contribution is 5.99. The van der Waals surface area contributed by atoms with Gasteiger partial charge in [-0.1, -0.05) is 243 Å². The minimum atomic E-state index is -0.700. The molecule has 0 spiro atoms. The molecule has 2 heteroatoms. The summed E-state index contributed by atoms with van der Waals surface area (Å²) in [5.41, 5.74) is 21.3. The summed E-state index contributed by atoms with van der Waals surface area (Å²) in [7, 11) is 0. The molecule has 1 heterocycles. The van der Waals surface area contributed by atoms with Gasteiger partial charge in [0.2, 0.25) is 0 Å². The number of fused-ring (bicyclic) bond motifs is 6. The van der Waals surface area contributed by atoms with Gasteiger partial charge in [0, 0.05) is 5.69 Å². The van der Waals surface area contributed by atoms with Crippen LogP contribution in [0.4, 0.5) is 17.1 Å². The Labute approximate surface area is 426 Å². The normalized spacial score (nSPS) is 12.8. The van der Waals surface area contributed by atoms with Gasteiger partial charge in [-0.2, -0.15) is 0 Å². The molecule has 0 N–H and O–H groups in total. The second-order valence-corrected chi connectivity index (χ2v) is 19.2. The predicted octanol–water partition coefficient (Wildman–Crippen LogP) is 19.1. The first-order valence-corrected chi connectivity index (χ1v) is 25.1. The van der Waals surface area contributed by atoms with Crippen LogP contribution in [0.25, 0.3) is 77.5 Å². The van der Waals surface area contributed by atoms with E-state index in [1.54, 1.807) is 0 Å². The second kappa shape index (κ2) is 17.4. The summed E-state index contributed by atoms with van der Waals surface area (Å²) in [6.45, 7) is 0. The van der Waals surface area contributed by atoms with Gasteiger partial charge in [-0.25, -0.2) is 0 Å². The lowest BCUT2D eigenvalue weighted by molar-refractivity contribution is 0.477. The van der Waals surface area contributed by atoms with Gasteiger partial charge < -0.3 is 9.64 Å². The third-order valence-corrected chi connectivity index (χ3v) is 15.2. The van der Waals surface area contributed by atoms with E-state index in [2.05, 4.69) is 290 Å². The molecule has 0 fully saturated rings. The minimum absolute atomic E-state index is 0.700. The van der Waals surface area contributed by atoms with E-state index in [-0.39, 0.29) is 0 Å². The lowest BCUT2D eigenvalue weighted by Gasteiger charge is -2.36. The molecule has 73 heavy (non-hydrogen) atoms. The maximum atomic E-state index is 7.02. The van der Waals surface area contributed by atoms with E-state index in [1.807, 2.05) is 0 Å². The zero-order valence-electron chi connectivity index (χ0n) is 40.0. The third kappa shape index (κ3) is 7.10.